The molecule has 4 aromatic carbocycles. The Hall–Kier alpha value is -4.26. The van der Waals surface area contributed by atoms with Crippen LogP contribution in [0.2, 0.25) is 16.6 Å². The average molecular weight is 684 g/mol. The molecule has 7 rings (SSSR count). The van der Waals surface area contributed by atoms with Gasteiger partial charge in [0.1, 0.15) is 17.1 Å². The summed E-state index contributed by atoms with van der Waals surface area (Å²) in [7, 11) is -2.69. The minimum absolute atomic E-state index is 0.201. The van der Waals surface area contributed by atoms with Gasteiger partial charge in [0, 0.05) is 6.42 Å². The number of nitrogens with zero attached hydrogens (tertiary/aromatic N) is 1. The summed E-state index contributed by atoms with van der Waals surface area (Å²) in [5, 5.41) is 0. The lowest BCUT2D eigenvalue weighted by molar-refractivity contribution is -0.129. The van der Waals surface area contributed by atoms with Crippen molar-refractivity contribution < 1.29 is 18.8 Å². The molecule has 0 unspecified atom stereocenters. The quantitative estimate of drug-likeness (QED) is 0.115. The molecule has 2 aliphatic carbocycles. The van der Waals surface area contributed by atoms with E-state index in [9.17, 15) is 4.79 Å². The van der Waals surface area contributed by atoms with E-state index >= 15 is 4.79 Å². The Bertz CT molecular complexity index is 1950. The number of aryl methyl sites for hydroxylation is 2. The normalized spacial score (nSPS) is 21.5. The lowest BCUT2D eigenvalue weighted by atomic mass is 9.69. The van der Waals surface area contributed by atoms with E-state index in [1.54, 1.807) is 0 Å². The average Bonchev–Trinajstić information content (AvgIpc) is 3.56. The lowest BCUT2D eigenvalue weighted by Gasteiger charge is -2.52. The van der Waals surface area contributed by atoms with Crippen molar-refractivity contribution in [3.63, 3.8) is 0 Å². The van der Waals surface area contributed by atoms with Crippen molar-refractivity contribution in [2.45, 2.75) is 90.5 Å². The maximum Gasteiger partial charge on any atom is 0.241 e. The second-order valence-electron chi connectivity index (χ2n) is 15.6. The van der Waals surface area contributed by atoms with Gasteiger partial charge in [-0.1, -0.05) is 108 Å². The van der Waals surface area contributed by atoms with Gasteiger partial charge in [-0.3, -0.25) is 9.59 Å². The summed E-state index contributed by atoms with van der Waals surface area (Å²) in [6.07, 6.45) is 3.22. The number of allylic oxidation sites excluding steroid dienone is 1. The second kappa shape index (κ2) is 12.8. The standard InChI is InChI=1S/C44H49NO4Si/c1-27(2)50(28(3)4,29(5)6)49-44(34-18-19-39-33(24-34)23-32-14-12-13-17-38(32)39)26-37(48-36-21-30(7)20-31(8)22-36)25-40-41(44)43(47)45(42(40)46)35-15-10-9-11-16-35/h9-22,24,26-29,40-41H,23,25H2,1-8H3/t40-,41+,44+/m0/s1. The number of carbonyl (C=O) groups excluding carboxylic acids is 2. The molecule has 3 aliphatic rings. The summed E-state index contributed by atoms with van der Waals surface area (Å²) in [6.45, 7) is 17.8. The molecule has 4 aromatic rings. The van der Waals surface area contributed by atoms with Crippen molar-refractivity contribution in [2.24, 2.45) is 11.8 Å². The third kappa shape index (κ3) is 5.48. The molecule has 1 fully saturated rings. The van der Waals surface area contributed by atoms with Crippen LogP contribution in [0.3, 0.4) is 0 Å². The fraction of sp³-hybridized carbons (Fsp3) is 0.364. The number of benzene rings is 4. The summed E-state index contributed by atoms with van der Waals surface area (Å²) in [5.74, 6) is -0.439. The van der Waals surface area contributed by atoms with Crippen molar-refractivity contribution in [3.05, 3.63) is 131 Å². The molecule has 258 valence electrons. The summed E-state index contributed by atoms with van der Waals surface area (Å²) in [4.78, 5) is 31.1. The first-order valence-electron chi connectivity index (χ1n) is 18.2. The predicted molar refractivity (Wildman–Crippen MR) is 204 cm³/mol. The van der Waals surface area contributed by atoms with E-state index in [2.05, 4.69) is 110 Å². The molecule has 0 aromatic heterocycles. The Morgan fingerprint density at radius 1 is 0.720 bits per heavy atom. The van der Waals surface area contributed by atoms with Crippen LogP contribution >= 0.6 is 0 Å². The van der Waals surface area contributed by atoms with E-state index in [1.165, 1.54) is 27.2 Å². The highest BCUT2D eigenvalue weighted by Crippen LogP contribution is 2.57. The molecular weight excluding hydrogens is 635 g/mol. The zero-order chi connectivity index (χ0) is 35.5. The second-order valence-corrected chi connectivity index (χ2v) is 21.0. The van der Waals surface area contributed by atoms with Crippen LogP contribution in [-0.2, 0) is 26.0 Å². The fourth-order valence-electron chi connectivity index (χ4n) is 9.52. The molecule has 2 amide bonds. The van der Waals surface area contributed by atoms with Crippen LogP contribution in [-0.4, -0.2) is 20.1 Å². The van der Waals surface area contributed by atoms with Gasteiger partial charge in [-0.05, 0) is 106 Å². The fourth-order valence-corrected chi connectivity index (χ4v) is 15.1. The molecular formula is C44H49NO4Si. The predicted octanol–water partition coefficient (Wildman–Crippen LogP) is 10.4. The van der Waals surface area contributed by atoms with Crippen LogP contribution in [0.25, 0.3) is 11.1 Å². The van der Waals surface area contributed by atoms with E-state index in [0.29, 0.717) is 17.9 Å². The highest BCUT2D eigenvalue weighted by atomic mass is 28.4. The van der Waals surface area contributed by atoms with Crippen molar-refractivity contribution >= 4 is 25.8 Å². The zero-order valence-electron chi connectivity index (χ0n) is 30.6. The molecule has 1 heterocycles. The number of fused-ring (bicyclic) bond motifs is 4. The van der Waals surface area contributed by atoms with Gasteiger partial charge < -0.3 is 9.16 Å². The Morgan fingerprint density at radius 2 is 1.34 bits per heavy atom. The topological polar surface area (TPSA) is 55.8 Å². The lowest BCUT2D eigenvalue weighted by Crippen LogP contribution is -2.58. The van der Waals surface area contributed by atoms with Gasteiger partial charge in [0.2, 0.25) is 20.1 Å². The van der Waals surface area contributed by atoms with Crippen LogP contribution in [0.5, 0.6) is 5.75 Å². The van der Waals surface area contributed by atoms with Gasteiger partial charge in [-0.15, -0.1) is 0 Å². The Kier molecular flexibility index (Phi) is 8.76. The minimum Gasteiger partial charge on any atom is -0.462 e. The first-order chi connectivity index (χ1) is 23.9. The number of hydrogen-bond acceptors (Lipinski definition) is 4. The van der Waals surface area contributed by atoms with Gasteiger partial charge in [-0.2, -0.15) is 0 Å². The van der Waals surface area contributed by atoms with Crippen LogP contribution < -0.4 is 9.64 Å². The monoisotopic (exact) mass is 683 g/mol. The molecule has 50 heavy (non-hydrogen) atoms. The van der Waals surface area contributed by atoms with E-state index < -0.39 is 25.8 Å². The molecule has 0 bridgehead atoms. The molecule has 0 radical (unpaired) electrons. The van der Waals surface area contributed by atoms with Gasteiger partial charge in [0.25, 0.3) is 0 Å². The number of para-hydroxylation sites is 1. The summed E-state index contributed by atoms with van der Waals surface area (Å²) >= 11 is 0. The molecule has 3 atom stereocenters. The van der Waals surface area contributed by atoms with E-state index in [-0.39, 0.29) is 28.4 Å². The third-order valence-corrected chi connectivity index (χ3v) is 17.5. The first-order valence-corrected chi connectivity index (χ1v) is 20.3. The molecule has 0 N–H and O–H groups in total. The molecule has 0 spiro atoms. The summed E-state index contributed by atoms with van der Waals surface area (Å²) < 4.78 is 14.8. The minimum atomic E-state index is -2.69. The van der Waals surface area contributed by atoms with Crippen LogP contribution in [0.4, 0.5) is 5.69 Å². The highest BCUT2D eigenvalue weighted by molar-refractivity contribution is 6.77. The number of imide groups is 1. The van der Waals surface area contributed by atoms with E-state index in [0.717, 1.165) is 28.9 Å². The zero-order valence-corrected chi connectivity index (χ0v) is 31.6. The van der Waals surface area contributed by atoms with Crippen LogP contribution in [0, 0.1) is 25.7 Å². The van der Waals surface area contributed by atoms with Crippen molar-refractivity contribution in [2.75, 3.05) is 4.90 Å². The molecule has 1 saturated heterocycles. The van der Waals surface area contributed by atoms with Crippen LogP contribution in [0.15, 0.2) is 103 Å². The number of anilines is 1. The van der Waals surface area contributed by atoms with Gasteiger partial charge in [0.05, 0.1) is 17.5 Å². The largest absolute Gasteiger partial charge is 0.462 e. The summed E-state index contributed by atoms with van der Waals surface area (Å²) in [5.41, 5.74) is 8.16. The Morgan fingerprint density at radius 3 is 2.00 bits per heavy atom. The molecule has 0 saturated carbocycles. The third-order valence-electron chi connectivity index (χ3n) is 11.4. The SMILES string of the molecule is Cc1cc(C)cc(OC2=C[C@@](O[Si](C(C)C)(C(C)C)C(C)C)(c3ccc4c(c3)Cc3ccccc3-4)[C@H]3C(=O)N(c4ccccc4)C(=O)[C@H]3C2)c1. The van der Waals surface area contributed by atoms with Crippen molar-refractivity contribution in [1.82, 2.24) is 0 Å². The van der Waals surface area contributed by atoms with Gasteiger partial charge in [0.15, 0.2) is 0 Å². The summed E-state index contributed by atoms with van der Waals surface area (Å²) in [6, 6.07) is 30.7. The highest BCUT2D eigenvalue weighted by Gasteiger charge is 2.64. The molecule has 1 aliphatic heterocycles. The maximum atomic E-state index is 15.1. The van der Waals surface area contributed by atoms with Gasteiger partial charge >= 0.3 is 0 Å². The Balaban J connectivity index is 1.49. The number of hydrogen-bond donors (Lipinski definition) is 0. The molecule has 5 nitrogen and oxygen atoms in total. The van der Waals surface area contributed by atoms with Crippen molar-refractivity contribution in [3.8, 4) is 16.9 Å². The van der Waals surface area contributed by atoms with E-state index in [1.807, 2.05) is 42.5 Å². The van der Waals surface area contributed by atoms with Crippen molar-refractivity contribution in [1.29, 1.82) is 0 Å². The number of ether oxygens (including phenoxy) is 1. The number of rotatable bonds is 9. The Labute approximate surface area is 298 Å². The number of amides is 2. The smallest absolute Gasteiger partial charge is 0.241 e. The maximum absolute atomic E-state index is 15.1. The van der Waals surface area contributed by atoms with Crippen LogP contribution in [0.1, 0.15) is 75.8 Å². The molecule has 6 heteroatoms. The van der Waals surface area contributed by atoms with E-state index in [4.69, 9.17) is 9.16 Å². The first kappa shape index (κ1) is 34.2. The number of carbonyl (C=O) groups is 2. The van der Waals surface area contributed by atoms with Gasteiger partial charge in [-0.25, -0.2) is 4.90 Å².